The van der Waals surface area contributed by atoms with Gasteiger partial charge in [0.1, 0.15) is 35.4 Å². The molecule has 5 N–H and O–H groups in total. The minimum absolute atomic E-state index is 0.00869. The first-order valence-electron chi connectivity index (χ1n) is 16.9. The van der Waals surface area contributed by atoms with Crippen LogP contribution < -0.4 is 25.2 Å². The van der Waals surface area contributed by atoms with E-state index < -0.39 is 61.3 Å². The van der Waals surface area contributed by atoms with E-state index in [0.29, 0.717) is 92.8 Å². The fourth-order valence-electron chi connectivity index (χ4n) is 7.25. The molecule has 3 aromatic rings. The van der Waals surface area contributed by atoms with E-state index in [0.717, 1.165) is 0 Å². The van der Waals surface area contributed by atoms with Gasteiger partial charge in [0.15, 0.2) is 6.54 Å². The van der Waals surface area contributed by atoms with Gasteiger partial charge in [-0.15, -0.1) is 0 Å². The lowest BCUT2D eigenvalue weighted by atomic mass is 9.87. The highest BCUT2D eigenvalue weighted by Crippen LogP contribution is 2.44. The molecule has 3 aliphatic rings. The number of aromatic nitrogens is 2. The summed E-state index contributed by atoms with van der Waals surface area (Å²) in [5.41, 5.74) is 1.44. The van der Waals surface area contributed by atoms with E-state index in [1.165, 1.54) is 0 Å². The minimum atomic E-state index is -4.47. The maximum atomic E-state index is 12.2. The molecular weight excluding hydrogens is 729 g/mol. The normalized spacial score (nSPS) is 16.8. The molecular formula is C36H41N4O11S2+. The zero-order valence-electron chi connectivity index (χ0n) is 29.6. The standard InChI is InChI=1S/C36H40N4O11S2/c1-35(2)16-21(19-52(45,46)47)23-12-25-29(14-27(23)37-35)51-30-15-28-24(22(20-53(48,49)50)17-36(3,4)38-28)13-26(30)33(25)34-39(9-7-5-6-8-31(41)42)10-11-40(34)18-32(43)44/h10-17H,5-9,18-20H2,1-4H3,(H4-,37,38,41,42,43,44,45,46,47,48,49,50)/p+1. The summed E-state index contributed by atoms with van der Waals surface area (Å²) in [5, 5.41) is 23.3. The first-order chi connectivity index (χ1) is 24.6. The highest BCUT2D eigenvalue weighted by atomic mass is 32.2. The first kappa shape index (κ1) is 37.9. The summed E-state index contributed by atoms with van der Waals surface area (Å²) in [7, 11) is -8.93. The Bertz CT molecular complexity index is 2480. The Morgan fingerprint density at radius 1 is 0.849 bits per heavy atom. The van der Waals surface area contributed by atoms with Gasteiger partial charge in [0.05, 0.1) is 28.6 Å². The Hall–Kier alpha value is -4.84. The number of aliphatic carboxylic acids is 2. The fraction of sp³-hybridized carbons (Fsp3) is 0.389. The van der Waals surface area contributed by atoms with E-state index >= 15 is 0 Å². The van der Waals surface area contributed by atoms with E-state index in [1.54, 1.807) is 67.2 Å². The Morgan fingerprint density at radius 3 is 2.17 bits per heavy atom. The van der Waals surface area contributed by atoms with Crippen molar-refractivity contribution in [1.29, 1.82) is 0 Å². The molecule has 0 atom stereocenters. The van der Waals surface area contributed by atoms with Gasteiger partial charge in [-0.3, -0.25) is 18.9 Å². The van der Waals surface area contributed by atoms with Gasteiger partial charge in [-0.2, -0.15) is 16.8 Å². The zero-order chi connectivity index (χ0) is 38.7. The summed E-state index contributed by atoms with van der Waals surface area (Å²) in [4.78, 5) is 28.1. The van der Waals surface area contributed by atoms with Crippen LogP contribution in [0.5, 0.6) is 11.5 Å². The highest BCUT2D eigenvalue weighted by molar-refractivity contribution is 7.86. The highest BCUT2D eigenvalue weighted by Gasteiger charge is 2.35. The predicted octanol–water partition coefficient (Wildman–Crippen LogP) is 3.02. The molecule has 282 valence electrons. The molecule has 0 spiro atoms. The third-order valence-corrected chi connectivity index (χ3v) is 10.4. The molecule has 15 nitrogen and oxygen atoms in total. The van der Waals surface area contributed by atoms with Gasteiger partial charge in [-0.25, -0.2) is 13.9 Å². The van der Waals surface area contributed by atoms with Crippen LogP contribution in [-0.4, -0.2) is 75.2 Å². The number of rotatable bonds is 13. The number of unbranched alkanes of at least 4 members (excludes halogenated alkanes) is 2. The van der Waals surface area contributed by atoms with Crippen molar-refractivity contribution < 1.29 is 55.0 Å². The largest absolute Gasteiger partial charge is 0.481 e. The zero-order valence-corrected chi connectivity index (χ0v) is 31.2. The average molecular weight is 770 g/mol. The summed E-state index contributed by atoms with van der Waals surface area (Å²) >= 11 is 0. The van der Waals surface area contributed by atoms with Gasteiger partial charge in [0.25, 0.3) is 26.1 Å². The number of aryl methyl sites for hydroxylation is 1. The van der Waals surface area contributed by atoms with Gasteiger partial charge in [0.2, 0.25) is 0 Å². The number of carbonyl (C=O) groups is 2. The van der Waals surface area contributed by atoms with E-state index in [2.05, 4.69) is 5.32 Å². The number of anilines is 1. The molecule has 3 aliphatic heterocycles. The molecule has 1 aromatic heterocycles. The summed E-state index contributed by atoms with van der Waals surface area (Å²) in [5.74, 6) is -2.26. The Balaban J connectivity index is 1.67. The predicted molar refractivity (Wildman–Crippen MR) is 194 cm³/mol. The number of ether oxygens (including phenoxy) is 1. The van der Waals surface area contributed by atoms with Crippen molar-refractivity contribution in [3.8, 4) is 11.5 Å². The van der Waals surface area contributed by atoms with Crippen molar-refractivity contribution in [2.75, 3.05) is 16.8 Å². The molecule has 0 bridgehead atoms. The van der Waals surface area contributed by atoms with Gasteiger partial charge >= 0.3 is 11.9 Å². The van der Waals surface area contributed by atoms with Crippen LogP contribution in [0.25, 0.3) is 16.7 Å². The number of hydrogen-bond donors (Lipinski definition) is 5. The number of carboxylic acid groups (broad SMARTS) is 2. The number of nitrogens with zero attached hydrogens (tertiary/aromatic N) is 3. The van der Waals surface area contributed by atoms with Crippen LogP contribution >= 0.6 is 0 Å². The lowest BCUT2D eigenvalue weighted by Crippen LogP contribution is -2.42. The Morgan fingerprint density at radius 2 is 1.53 bits per heavy atom. The molecule has 0 aliphatic carbocycles. The molecule has 17 heteroatoms. The number of nitrogens with one attached hydrogen (secondary N) is 1. The second-order valence-electron chi connectivity index (χ2n) is 14.7. The number of hydrogen-bond acceptors (Lipinski definition) is 9. The molecule has 4 heterocycles. The molecule has 53 heavy (non-hydrogen) atoms. The lowest BCUT2D eigenvalue weighted by Gasteiger charge is -2.33. The molecule has 2 aromatic carbocycles. The smallest absolute Gasteiger partial charge is 0.346 e. The quantitative estimate of drug-likeness (QED) is 0.0752. The fourth-order valence-corrected chi connectivity index (χ4v) is 8.51. The third kappa shape index (κ3) is 8.53. The van der Waals surface area contributed by atoms with Gasteiger partial charge in [-0.1, -0.05) is 12.2 Å². The maximum Gasteiger partial charge on any atom is 0.346 e. The van der Waals surface area contributed by atoms with Crippen LogP contribution in [0.15, 0.2) is 53.8 Å². The number of fused-ring (bicyclic) bond motifs is 4. The van der Waals surface area contributed by atoms with Crippen LogP contribution in [0, 0.1) is 0 Å². The van der Waals surface area contributed by atoms with Crippen molar-refractivity contribution in [1.82, 2.24) is 4.57 Å². The summed E-state index contributed by atoms with van der Waals surface area (Å²) in [6, 6.07) is 6.81. The molecule has 6 rings (SSSR count). The topological polar surface area (TPSA) is 226 Å². The third-order valence-electron chi connectivity index (χ3n) is 9.06. The van der Waals surface area contributed by atoms with Crippen LogP contribution in [0.1, 0.15) is 75.9 Å². The molecule has 0 saturated heterocycles. The van der Waals surface area contributed by atoms with Crippen molar-refractivity contribution in [2.45, 2.75) is 77.5 Å². The van der Waals surface area contributed by atoms with Gasteiger partial charge in [0, 0.05) is 46.1 Å². The van der Waals surface area contributed by atoms with E-state index in [-0.39, 0.29) is 6.42 Å². The summed E-state index contributed by atoms with van der Waals surface area (Å²) in [6.45, 7) is 7.23. The number of imidazole rings is 1. The molecule has 0 fully saturated rings. The summed E-state index contributed by atoms with van der Waals surface area (Å²) in [6.07, 6.45) is 8.32. The van der Waals surface area contributed by atoms with E-state index in [1.807, 2.05) is 18.4 Å². The van der Waals surface area contributed by atoms with Gasteiger partial charge in [-0.05, 0) is 70.2 Å². The molecule has 0 radical (unpaired) electrons. The van der Waals surface area contributed by atoms with E-state index in [9.17, 15) is 40.6 Å². The summed E-state index contributed by atoms with van der Waals surface area (Å²) < 4.78 is 78.6. The number of benzene rings is 2. The minimum Gasteiger partial charge on any atom is -0.481 e. The Kier molecular flexibility index (Phi) is 9.68. The number of carboxylic acids is 2. The lowest BCUT2D eigenvalue weighted by molar-refractivity contribution is -0.687. The second kappa shape index (κ2) is 13.5. The van der Waals surface area contributed by atoms with Crippen LogP contribution in [0.4, 0.5) is 5.69 Å². The maximum absolute atomic E-state index is 12.2. The SMILES string of the molecule is CC1(C)C=C(CS(=O)(=O)O)c2cc3c(cc2=N1)Oc1cc2c(cc1C=3c1n(CCCCCC(=O)O)cc[n+]1CC(=O)O)C(CS(=O)(=O)O)=CC(C)(C)N2. The van der Waals surface area contributed by atoms with Crippen LogP contribution in [0.2, 0.25) is 0 Å². The van der Waals surface area contributed by atoms with Crippen molar-refractivity contribution in [3.63, 3.8) is 0 Å². The van der Waals surface area contributed by atoms with Crippen molar-refractivity contribution in [2.24, 2.45) is 4.99 Å². The van der Waals surface area contributed by atoms with Crippen LogP contribution in [-0.2, 0) is 42.9 Å². The van der Waals surface area contributed by atoms with Gasteiger partial charge < -0.3 is 20.3 Å². The molecule has 0 unspecified atom stereocenters. The average Bonchev–Trinajstić information content (AvgIpc) is 3.36. The van der Waals surface area contributed by atoms with Crippen molar-refractivity contribution >= 4 is 54.6 Å². The molecule has 0 saturated carbocycles. The van der Waals surface area contributed by atoms with E-state index in [4.69, 9.17) is 14.8 Å². The van der Waals surface area contributed by atoms with Crippen LogP contribution in [0.3, 0.4) is 0 Å². The first-order valence-corrected chi connectivity index (χ1v) is 20.1. The molecule has 0 amide bonds. The second-order valence-corrected chi connectivity index (χ2v) is 17.6. The monoisotopic (exact) mass is 769 g/mol. The van der Waals surface area contributed by atoms with Crippen molar-refractivity contribution in [3.05, 3.63) is 81.9 Å². The Labute approximate surface area is 306 Å².